The molecule has 2 aromatic heterocycles. The van der Waals surface area contributed by atoms with Gasteiger partial charge in [0.25, 0.3) is 5.91 Å². The summed E-state index contributed by atoms with van der Waals surface area (Å²) in [7, 11) is 0. The van der Waals surface area contributed by atoms with Gasteiger partial charge in [-0.1, -0.05) is 6.07 Å². The molecule has 1 N–H and O–H groups in total. The van der Waals surface area contributed by atoms with Crippen molar-refractivity contribution in [2.75, 3.05) is 6.54 Å². The third-order valence-electron chi connectivity index (χ3n) is 5.10. The molecule has 7 nitrogen and oxygen atoms in total. The fourth-order valence-electron chi connectivity index (χ4n) is 3.39. The third kappa shape index (κ3) is 3.47. The highest BCUT2D eigenvalue weighted by Gasteiger charge is 2.33. The number of imidazole rings is 1. The van der Waals surface area contributed by atoms with Crippen LogP contribution in [0.15, 0.2) is 30.6 Å². The number of carbonyl (C=O) groups is 2. The summed E-state index contributed by atoms with van der Waals surface area (Å²) >= 11 is 0. The second-order valence-corrected chi connectivity index (χ2v) is 7.09. The average molecular weight is 353 g/mol. The Morgan fingerprint density at radius 3 is 2.85 bits per heavy atom. The summed E-state index contributed by atoms with van der Waals surface area (Å²) < 4.78 is 1.99. The molecule has 3 heterocycles. The van der Waals surface area contributed by atoms with Gasteiger partial charge in [0, 0.05) is 31.9 Å². The number of fused-ring (bicyclic) bond motifs is 1. The van der Waals surface area contributed by atoms with E-state index < -0.39 is 0 Å². The topological polar surface area (TPSA) is 80.1 Å². The van der Waals surface area contributed by atoms with Crippen molar-refractivity contribution in [3.8, 4) is 0 Å². The quantitative estimate of drug-likeness (QED) is 0.890. The lowest BCUT2D eigenvalue weighted by Gasteiger charge is -2.33. The summed E-state index contributed by atoms with van der Waals surface area (Å²) in [6.07, 6.45) is 6.46. The molecule has 0 spiro atoms. The number of pyridine rings is 1. The Morgan fingerprint density at radius 2 is 2.12 bits per heavy atom. The molecule has 1 atom stereocenters. The molecular formula is C19H23N5O2. The SMILES string of the molecule is CC1c2nc(C(=O)NCc3ccccn3)cn2CCN1C(=O)CC1CC1. The summed E-state index contributed by atoms with van der Waals surface area (Å²) in [4.78, 5) is 35.5. The minimum Gasteiger partial charge on any atom is -0.345 e. The van der Waals surface area contributed by atoms with Crippen molar-refractivity contribution >= 4 is 11.8 Å². The van der Waals surface area contributed by atoms with E-state index in [1.807, 2.05) is 34.6 Å². The highest BCUT2D eigenvalue weighted by Crippen LogP contribution is 2.34. The van der Waals surface area contributed by atoms with E-state index in [0.29, 0.717) is 37.7 Å². The highest BCUT2D eigenvalue weighted by molar-refractivity contribution is 5.92. The first-order valence-corrected chi connectivity index (χ1v) is 9.16. The van der Waals surface area contributed by atoms with Crippen LogP contribution in [-0.2, 0) is 17.9 Å². The van der Waals surface area contributed by atoms with E-state index in [2.05, 4.69) is 15.3 Å². The lowest BCUT2D eigenvalue weighted by molar-refractivity contribution is -0.134. The molecule has 4 rings (SSSR count). The van der Waals surface area contributed by atoms with Crippen molar-refractivity contribution < 1.29 is 9.59 Å². The van der Waals surface area contributed by atoms with Gasteiger partial charge < -0.3 is 14.8 Å². The summed E-state index contributed by atoms with van der Waals surface area (Å²) in [5.41, 5.74) is 1.19. The second kappa shape index (κ2) is 6.90. The van der Waals surface area contributed by atoms with E-state index in [9.17, 15) is 9.59 Å². The molecule has 26 heavy (non-hydrogen) atoms. The van der Waals surface area contributed by atoms with Crippen LogP contribution in [0.5, 0.6) is 0 Å². The van der Waals surface area contributed by atoms with Gasteiger partial charge in [-0.05, 0) is 37.8 Å². The molecule has 0 radical (unpaired) electrons. The normalized spacial score (nSPS) is 19.1. The average Bonchev–Trinajstić information content (AvgIpc) is 3.35. The number of amides is 2. The molecule has 7 heteroatoms. The number of nitrogens with one attached hydrogen (secondary N) is 1. The Bertz CT molecular complexity index is 813. The van der Waals surface area contributed by atoms with Crippen molar-refractivity contribution in [2.24, 2.45) is 5.92 Å². The number of rotatable bonds is 5. The maximum absolute atomic E-state index is 12.5. The Balaban J connectivity index is 1.42. The van der Waals surface area contributed by atoms with E-state index >= 15 is 0 Å². The highest BCUT2D eigenvalue weighted by atomic mass is 16.2. The molecule has 1 saturated carbocycles. The molecule has 0 aromatic carbocycles. The molecule has 0 saturated heterocycles. The van der Waals surface area contributed by atoms with Crippen molar-refractivity contribution in [1.82, 2.24) is 24.8 Å². The Kier molecular flexibility index (Phi) is 4.44. The van der Waals surface area contributed by atoms with Gasteiger partial charge in [-0.2, -0.15) is 0 Å². The smallest absolute Gasteiger partial charge is 0.271 e. The predicted octanol–water partition coefficient (Wildman–Crippen LogP) is 1.91. The van der Waals surface area contributed by atoms with Gasteiger partial charge in [0.15, 0.2) is 0 Å². The van der Waals surface area contributed by atoms with Crippen LogP contribution >= 0.6 is 0 Å². The van der Waals surface area contributed by atoms with Crippen LogP contribution in [0.3, 0.4) is 0 Å². The first-order valence-electron chi connectivity index (χ1n) is 9.16. The molecule has 1 unspecified atom stereocenters. The van der Waals surface area contributed by atoms with Crippen molar-refractivity contribution in [3.63, 3.8) is 0 Å². The van der Waals surface area contributed by atoms with Gasteiger partial charge in [-0.15, -0.1) is 0 Å². The first-order chi connectivity index (χ1) is 12.6. The standard InChI is InChI=1S/C19H23N5O2/c1-13-18-22-16(19(26)21-11-15-4-2-3-7-20-15)12-23(18)8-9-24(13)17(25)10-14-5-6-14/h2-4,7,12-14H,5-6,8-11H2,1H3,(H,21,26). The van der Waals surface area contributed by atoms with E-state index in [1.54, 1.807) is 12.4 Å². The lowest BCUT2D eigenvalue weighted by Crippen LogP contribution is -2.41. The van der Waals surface area contributed by atoms with Gasteiger partial charge in [-0.3, -0.25) is 14.6 Å². The maximum Gasteiger partial charge on any atom is 0.271 e. The van der Waals surface area contributed by atoms with E-state index in [1.165, 1.54) is 12.8 Å². The Morgan fingerprint density at radius 1 is 1.27 bits per heavy atom. The van der Waals surface area contributed by atoms with Crippen LogP contribution in [0.4, 0.5) is 0 Å². The fourth-order valence-corrected chi connectivity index (χ4v) is 3.39. The molecule has 136 valence electrons. The summed E-state index contributed by atoms with van der Waals surface area (Å²) in [5, 5.41) is 2.85. The van der Waals surface area contributed by atoms with Gasteiger partial charge >= 0.3 is 0 Å². The molecule has 1 aliphatic heterocycles. The fraction of sp³-hybridized carbons (Fsp3) is 0.474. The first kappa shape index (κ1) is 16.8. The summed E-state index contributed by atoms with van der Waals surface area (Å²) in [6, 6.07) is 5.49. The lowest BCUT2D eigenvalue weighted by atomic mass is 10.1. The summed E-state index contributed by atoms with van der Waals surface area (Å²) in [5.74, 6) is 1.34. The largest absolute Gasteiger partial charge is 0.345 e. The zero-order chi connectivity index (χ0) is 18.1. The van der Waals surface area contributed by atoms with Gasteiger partial charge in [0.05, 0.1) is 18.3 Å². The zero-order valence-electron chi connectivity index (χ0n) is 14.9. The monoisotopic (exact) mass is 353 g/mol. The van der Waals surface area contributed by atoms with E-state index in [0.717, 1.165) is 11.5 Å². The van der Waals surface area contributed by atoms with Gasteiger partial charge in [0.1, 0.15) is 11.5 Å². The number of nitrogens with zero attached hydrogens (tertiary/aromatic N) is 4. The number of hydrogen-bond acceptors (Lipinski definition) is 4. The number of hydrogen-bond donors (Lipinski definition) is 1. The van der Waals surface area contributed by atoms with E-state index in [4.69, 9.17) is 0 Å². The molecule has 1 fully saturated rings. The zero-order valence-corrected chi connectivity index (χ0v) is 14.9. The van der Waals surface area contributed by atoms with Crippen LogP contribution in [0.25, 0.3) is 0 Å². The van der Waals surface area contributed by atoms with Crippen molar-refractivity contribution in [2.45, 2.75) is 45.3 Å². The van der Waals surface area contributed by atoms with Crippen LogP contribution in [0.1, 0.15) is 54.2 Å². The van der Waals surface area contributed by atoms with Crippen molar-refractivity contribution in [3.05, 3.63) is 47.8 Å². The molecular weight excluding hydrogens is 330 g/mol. The predicted molar refractivity (Wildman–Crippen MR) is 95.1 cm³/mol. The second-order valence-electron chi connectivity index (χ2n) is 7.09. The molecule has 2 amide bonds. The van der Waals surface area contributed by atoms with Crippen LogP contribution in [0.2, 0.25) is 0 Å². The molecule has 1 aliphatic carbocycles. The minimum absolute atomic E-state index is 0.104. The van der Waals surface area contributed by atoms with Gasteiger partial charge in [-0.25, -0.2) is 4.98 Å². The molecule has 0 bridgehead atoms. The van der Waals surface area contributed by atoms with Crippen molar-refractivity contribution in [1.29, 1.82) is 0 Å². The van der Waals surface area contributed by atoms with E-state index in [-0.39, 0.29) is 17.9 Å². The van der Waals surface area contributed by atoms with Gasteiger partial charge in [0.2, 0.25) is 5.91 Å². The van der Waals surface area contributed by atoms with Crippen LogP contribution < -0.4 is 5.32 Å². The summed E-state index contributed by atoms with van der Waals surface area (Å²) in [6.45, 7) is 3.70. The van der Waals surface area contributed by atoms with Crippen LogP contribution in [0, 0.1) is 5.92 Å². The number of aromatic nitrogens is 3. The Labute approximate surface area is 152 Å². The molecule has 2 aliphatic rings. The molecule has 2 aromatic rings. The third-order valence-corrected chi connectivity index (χ3v) is 5.10. The van der Waals surface area contributed by atoms with Crippen LogP contribution in [-0.4, -0.2) is 37.8 Å². The number of carbonyl (C=O) groups excluding carboxylic acids is 2. The minimum atomic E-state index is -0.222. The Hall–Kier alpha value is -2.70. The maximum atomic E-state index is 12.5.